The van der Waals surface area contributed by atoms with Crippen molar-refractivity contribution in [1.82, 2.24) is 0 Å². The van der Waals surface area contributed by atoms with Gasteiger partial charge in [-0.2, -0.15) is 0 Å². The van der Waals surface area contributed by atoms with Crippen LogP contribution >= 0.6 is 0 Å². The molecule has 210 valence electrons. The highest BCUT2D eigenvalue weighted by molar-refractivity contribution is 6.04. The molecule has 6 atom stereocenters. The van der Waals surface area contributed by atoms with E-state index in [1.165, 1.54) is 19.3 Å². The number of nitrogens with two attached hydrogens (primary N) is 2. The molecule has 1 aliphatic rings. The van der Waals surface area contributed by atoms with Gasteiger partial charge in [-0.15, -0.1) is 0 Å². The maximum atomic E-state index is 12.8. The number of amides is 2. The average molecular weight is 532 g/mol. The van der Waals surface area contributed by atoms with E-state index in [9.17, 15) is 24.9 Å². The molecule has 1 aromatic carbocycles. The minimum Gasteiger partial charge on any atom is -0.506 e. The van der Waals surface area contributed by atoms with Crippen molar-refractivity contribution in [3.05, 3.63) is 47.1 Å². The van der Waals surface area contributed by atoms with E-state index in [1.807, 2.05) is 26.8 Å². The van der Waals surface area contributed by atoms with Gasteiger partial charge in [0.1, 0.15) is 17.6 Å². The second-order valence-electron chi connectivity index (χ2n) is 10.2. The summed E-state index contributed by atoms with van der Waals surface area (Å²) in [6.45, 7) is 9.09. The molecule has 0 spiro atoms. The molecule has 0 saturated heterocycles. The van der Waals surface area contributed by atoms with Gasteiger partial charge in [0.05, 0.1) is 17.5 Å². The average Bonchev–Trinajstić information content (AvgIpc) is 2.84. The normalized spacial score (nSPS) is 31.3. The number of allylic oxidation sites excluding steroid dienone is 2. The van der Waals surface area contributed by atoms with Gasteiger partial charge in [0.2, 0.25) is 0 Å². The lowest BCUT2D eigenvalue weighted by Gasteiger charge is -2.28. The molecule has 0 aromatic heterocycles. The highest BCUT2D eigenvalue weighted by Gasteiger charge is 2.28. The number of aromatic hydroxyl groups is 2. The molecule has 8 N–H and O–H groups in total. The first-order valence-electron chi connectivity index (χ1n) is 12.6. The van der Waals surface area contributed by atoms with Gasteiger partial charge < -0.3 is 41.6 Å². The van der Waals surface area contributed by atoms with Crippen molar-refractivity contribution in [3.63, 3.8) is 0 Å². The van der Waals surface area contributed by atoms with Crippen molar-refractivity contribution < 1.29 is 34.4 Å². The van der Waals surface area contributed by atoms with Gasteiger partial charge in [-0.05, 0) is 44.1 Å². The molecule has 2 rings (SSSR count). The van der Waals surface area contributed by atoms with E-state index in [-0.39, 0.29) is 40.6 Å². The van der Waals surface area contributed by atoms with E-state index < -0.39 is 30.3 Å². The number of anilines is 2. The van der Waals surface area contributed by atoms with Crippen LogP contribution in [-0.4, -0.2) is 52.7 Å². The predicted molar refractivity (Wildman–Crippen MR) is 147 cm³/mol. The fourth-order valence-corrected chi connectivity index (χ4v) is 4.81. The van der Waals surface area contributed by atoms with E-state index in [1.54, 1.807) is 26.0 Å². The van der Waals surface area contributed by atoms with Crippen molar-refractivity contribution in [2.75, 3.05) is 18.2 Å². The topological polar surface area (TPSA) is 177 Å². The number of methoxy groups -OCH3 is 1. The Kier molecular flexibility index (Phi) is 10.8. The van der Waals surface area contributed by atoms with Crippen LogP contribution in [-0.2, 0) is 20.7 Å². The number of nitrogen functional groups attached to an aromatic ring is 1. The number of nitrogens with one attached hydrogen (secondary N) is 1. The monoisotopic (exact) mass is 531 g/mol. The summed E-state index contributed by atoms with van der Waals surface area (Å²) in [5.74, 6) is -1.45. The Morgan fingerprint density at radius 2 is 1.84 bits per heavy atom. The van der Waals surface area contributed by atoms with Crippen molar-refractivity contribution in [2.45, 2.75) is 65.8 Å². The van der Waals surface area contributed by atoms with E-state index >= 15 is 0 Å². The summed E-state index contributed by atoms with van der Waals surface area (Å²) in [5.41, 5.74) is 12.7. The first-order valence-corrected chi connectivity index (χ1v) is 12.6. The van der Waals surface area contributed by atoms with Crippen LogP contribution in [0.3, 0.4) is 0 Å². The van der Waals surface area contributed by atoms with E-state index in [2.05, 4.69) is 5.32 Å². The van der Waals surface area contributed by atoms with Crippen LogP contribution in [0.25, 0.3) is 0 Å². The Balaban J connectivity index is 2.59. The molecule has 1 heterocycles. The lowest BCUT2D eigenvalue weighted by molar-refractivity contribution is -0.112. The number of phenolic OH excluding ortho intramolecular Hbond substituents is 2. The highest BCUT2D eigenvalue weighted by Crippen LogP contribution is 2.41. The van der Waals surface area contributed by atoms with Crippen LogP contribution in [0.4, 0.5) is 16.2 Å². The molecule has 0 saturated carbocycles. The van der Waals surface area contributed by atoms with Crippen LogP contribution < -0.4 is 16.8 Å². The number of aliphatic hydroxyl groups is 1. The third-order valence-corrected chi connectivity index (χ3v) is 6.91. The molecule has 10 heteroatoms. The maximum absolute atomic E-state index is 12.8. The molecule has 1 aliphatic heterocycles. The molecular formula is C28H41N3O7. The Morgan fingerprint density at radius 3 is 2.45 bits per heavy atom. The summed E-state index contributed by atoms with van der Waals surface area (Å²) in [5, 5.41) is 34.9. The minimum absolute atomic E-state index is 0.0322. The largest absolute Gasteiger partial charge is 0.506 e. The fraction of sp³-hybridized carbons (Fsp3) is 0.500. The number of phenols is 2. The first kappa shape index (κ1) is 30.7. The van der Waals surface area contributed by atoms with Crippen molar-refractivity contribution in [3.8, 4) is 11.5 Å². The Labute approximate surface area is 224 Å². The number of hydrogen-bond acceptors (Lipinski definition) is 8. The molecule has 0 unspecified atom stereocenters. The van der Waals surface area contributed by atoms with E-state index in [0.717, 1.165) is 0 Å². The van der Waals surface area contributed by atoms with Crippen LogP contribution in [0.5, 0.6) is 11.5 Å². The summed E-state index contributed by atoms with van der Waals surface area (Å²) in [7, 11) is 1.45. The van der Waals surface area contributed by atoms with Gasteiger partial charge in [-0.25, -0.2) is 4.79 Å². The van der Waals surface area contributed by atoms with E-state index in [4.69, 9.17) is 20.9 Å². The molecule has 2 bridgehead atoms. The number of fused-ring (bicyclic) bond motifs is 2. The zero-order valence-corrected chi connectivity index (χ0v) is 22.9. The zero-order valence-electron chi connectivity index (χ0n) is 22.9. The fourth-order valence-electron chi connectivity index (χ4n) is 4.81. The third-order valence-electron chi connectivity index (χ3n) is 6.91. The van der Waals surface area contributed by atoms with Gasteiger partial charge in [0.25, 0.3) is 5.91 Å². The summed E-state index contributed by atoms with van der Waals surface area (Å²) in [4.78, 5) is 24.5. The summed E-state index contributed by atoms with van der Waals surface area (Å²) < 4.78 is 10.9. The molecule has 2 amide bonds. The van der Waals surface area contributed by atoms with Gasteiger partial charge in [0.15, 0.2) is 6.10 Å². The van der Waals surface area contributed by atoms with Crippen LogP contribution in [0.1, 0.15) is 46.6 Å². The van der Waals surface area contributed by atoms with Crippen molar-refractivity contribution >= 4 is 23.4 Å². The molecule has 10 nitrogen and oxygen atoms in total. The molecule has 38 heavy (non-hydrogen) atoms. The molecule has 1 aromatic rings. The number of benzene rings is 1. The lowest BCUT2D eigenvalue weighted by atomic mass is 9.83. The second kappa shape index (κ2) is 13.3. The van der Waals surface area contributed by atoms with Gasteiger partial charge in [-0.1, -0.05) is 45.1 Å². The van der Waals surface area contributed by atoms with Crippen LogP contribution in [0, 0.1) is 17.8 Å². The standard InChI is InChI=1S/C28H41N3O7/c1-14-10-16(3)24(33)17(4)12-18(5)26(38-28(30)36)22(37-6)9-7-8-15(2)27(35)31-20-13-21(32)23(29)19(11-14)25(20)34/h7-9,12-14,16-17,22,24,26,32-34H,10-11,29H2,1-6H3,(H2,30,36)(H,31,35)/b9-7-,15-8+,18-12+/t14-,16-,17-,22-,24-,26-/m0/s1. The number of rotatable bonds is 2. The lowest BCUT2D eigenvalue weighted by Crippen LogP contribution is -2.35. The number of carbonyl (C=O) groups is 2. The number of hydrogen-bond donors (Lipinski definition) is 6. The summed E-state index contributed by atoms with van der Waals surface area (Å²) in [6.07, 6.45) is 4.17. The summed E-state index contributed by atoms with van der Waals surface area (Å²) in [6, 6.07) is 1.21. The van der Waals surface area contributed by atoms with Crippen LogP contribution in [0.2, 0.25) is 0 Å². The predicted octanol–water partition coefficient (Wildman–Crippen LogP) is 3.76. The Morgan fingerprint density at radius 1 is 1.18 bits per heavy atom. The minimum atomic E-state index is -0.970. The number of ether oxygens (including phenoxy) is 2. The Bertz CT molecular complexity index is 1110. The Hall–Kier alpha value is -3.50. The molecular weight excluding hydrogens is 490 g/mol. The maximum Gasteiger partial charge on any atom is 0.405 e. The SMILES string of the molecule is CO[C@H]1/C=C\C=C(/C)C(=O)Nc2cc(O)c(N)c(c2O)C[C@@H](C)C[C@H](C)[C@H](O)[C@@H](C)/C=C(\C)[C@@H]1OC(N)=O. The van der Waals surface area contributed by atoms with E-state index in [0.29, 0.717) is 29.6 Å². The highest BCUT2D eigenvalue weighted by atomic mass is 16.6. The van der Waals surface area contributed by atoms with Gasteiger partial charge >= 0.3 is 6.09 Å². The van der Waals surface area contributed by atoms with Crippen molar-refractivity contribution in [2.24, 2.45) is 23.5 Å². The number of aliphatic hydroxyl groups excluding tert-OH is 1. The second-order valence-corrected chi connectivity index (χ2v) is 10.2. The number of carbonyl (C=O) groups excluding carboxylic acids is 2. The third kappa shape index (κ3) is 7.75. The van der Waals surface area contributed by atoms with Crippen LogP contribution in [0.15, 0.2) is 41.5 Å². The summed E-state index contributed by atoms with van der Waals surface area (Å²) >= 11 is 0. The van der Waals surface area contributed by atoms with Crippen molar-refractivity contribution in [1.29, 1.82) is 0 Å². The molecule has 0 radical (unpaired) electrons. The molecule has 0 aliphatic carbocycles. The zero-order chi connectivity index (χ0) is 28.7. The number of primary amides is 1. The quantitative estimate of drug-likeness (QED) is 0.145. The van der Waals surface area contributed by atoms with Gasteiger partial charge in [0, 0.05) is 30.2 Å². The first-order chi connectivity index (χ1) is 17.8. The van der Waals surface area contributed by atoms with Gasteiger partial charge in [-0.3, -0.25) is 4.79 Å². The molecule has 0 fully saturated rings. The smallest absolute Gasteiger partial charge is 0.405 e.